The quantitative estimate of drug-likeness (QED) is 0.687. The van der Waals surface area contributed by atoms with Crippen LogP contribution in [0.2, 0.25) is 0 Å². The first-order valence-corrected chi connectivity index (χ1v) is 7.13. The second kappa shape index (κ2) is 7.34. The van der Waals surface area contributed by atoms with Crippen molar-refractivity contribution < 1.29 is 9.84 Å². The van der Waals surface area contributed by atoms with Crippen LogP contribution in [0.4, 0.5) is 0 Å². The van der Waals surface area contributed by atoms with E-state index >= 15 is 0 Å². The minimum atomic E-state index is -0.0760. The van der Waals surface area contributed by atoms with Crippen LogP contribution in [0.1, 0.15) is 52.9 Å². The van der Waals surface area contributed by atoms with Gasteiger partial charge in [-0.1, -0.05) is 27.2 Å². The van der Waals surface area contributed by atoms with E-state index in [0.29, 0.717) is 12.0 Å². The van der Waals surface area contributed by atoms with Crippen molar-refractivity contribution >= 4 is 0 Å². The fourth-order valence-electron chi connectivity index (χ4n) is 2.83. The van der Waals surface area contributed by atoms with Crippen LogP contribution in [-0.4, -0.2) is 36.5 Å². The van der Waals surface area contributed by atoms with Crippen molar-refractivity contribution in [2.45, 2.75) is 64.5 Å². The molecule has 0 radical (unpaired) electrons. The summed E-state index contributed by atoms with van der Waals surface area (Å²) in [6.07, 6.45) is 5.87. The van der Waals surface area contributed by atoms with Gasteiger partial charge in [0.05, 0.1) is 12.7 Å². The molecule has 0 aromatic rings. The van der Waals surface area contributed by atoms with Gasteiger partial charge in [0.2, 0.25) is 0 Å². The molecule has 0 amide bonds. The number of hydrogen-bond donors (Lipinski definition) is 2. The molecule has 1 aliphatic carbocycles. The molecule has 17 heavy (non-hydrogen) atoms. The van der Waals surface area contributed by atoms with E-state index < -0.39 is 0 Å². The zero-order valence-corrected chi connectivity index (χ0v) is 11.7. The Balaban J connectivity index is 2.29. The molecule has 102 valence electrons. The normalized spacial score (nSPS) is 30.7. The van der Waals surface area contributed by atoms with E-state index in [9.17, 15) is 5.11 Å². The fraction of sp³-hybridized carbons (Fsp3) is 1.00. The molecule has 0 saturated heterocycles. The lowest BCUT2D eigenvalue weighted by Crippen LogP contribution is -2.46. The van der Waals surface area contributed by atoms with Crippen LogP contribution >= 0.6 is 0 Å². The van der Waals surface area contributed by atoms with Gasteiger partial charge in [0, 0.05) is 12.1 Å². The van der Waals surface area contributed by atoms with Gasteiger partial charge in [0.15, 0.2) is 0 Å². The van der Waals surface area contributed by atoms with Crippen molar-refractivity contribution in [3.05, 3.63) is 0 Å². The minimum absolute atomic E-state index is 0.0760. The van der Waals surface area contributed by atoms with Crippen LogP contribution in [0.3, 0.4) is 0 Å². The van der Waals surface area contributed by atoms with Crippen LogP contribution in [0.15, 0.2) is 0 Å². The molecule has 3 atom stereocenters. The Bertz CT molecular complexity index is 210. The Morgan fingerprint density at radius 3 is 2.82 bits per heavy atom. The monoisotopic (exact) mass is 243 g/mol. The van der Waals surface area contributed by atoms with Gasteiger partial charge in [-0.15, -0.1) is 0 Å². The van der Waals surface area contributed by atoms with Crippen molar-refractivity contribution in [1.29, 1.82) is 0 Å². The third-order valence-corrected chi connectivity index (χ3v) is 3.82. The van der Waals surface area contributed by atoms with E-state index in [-0.39, 0.29) is 12.1 Å². The molecule has 0 spiro atoms. The smallest absolute Gasteiger partial charge is 0.0614 e. The first-order chi connectivity index (χ1) is 8.15. The molecule has 1 aliphatic rings. The molecule has 0 heterocycles. The predicted octanol–water partition coefficient (Wildman–Crippen LogP) is 2.33. The van der Waals surface area contributed by atoms with Gasteiger partial charge in [0.25, 0.3) is 0 Å². The highest BCUT2D eigenvalue weighted by molar-refractivity contribution is 4.96. The summed E-state index contributed by atoms with van der Waals surface area (Å²) in [5.74, 6) is 0.656. The second-order valence-corrected chi connectivity index (χ2v) is 5.56. The van der Waals surface area contributed by atoms with Gasteiger partial charge in [-0.25, -0.2) is 0 Å². The second-order valence-electron chi connectivity index (χ2n) is 5.56. The first-order valence-electron chi connectivity index (χ1n) is 7.13. The Morgan fingerprint density at radius 1 is 1.47 bits per heavy atom. The van der Waals surface area contributed by atoms with Crippen LogP contribution < -0.4 is 5.32 Å². The van der Waals surface area contributed by atoms with Crippen LogP contribution in [0, 0.1) is 5.92 Å². The van der Waals surface area contributed by atoms with Crippen LogP contribution in [0.5, 0.6) is 0 Å². The lowest BCUT2D eigenvalue weighted by Gasteiger charge is -2.28. The van der Waals surface area contributed by atoms with Gasteiger partial charge in [0.1, 0.15) is 0 Å². The molecular formula is C14H29NO2. The first kappa shape index (κ1) is 14.9. The van der Waals surface area contributed by atoms with Gasteiger partial charge in [-0.2, -0.15) is 0 Å². The average Bonchev–Trinajstić information content (AvgIpc) is 2.72. The average molecular weight is 243 g/mol. The third-order valence-electron chi connectivity index (χ3n) is 3.82. The van der Waals surface area contributed by atoms with E-state index in [0.717, 1.165) is 32.4 Å². The maximum atomic E-state index is 9.51. The largest absolute Gasteiger partial charge is 0.394 e. The Kier molecular flexibility index (Phi) is 6.45. The van der Waals surface area contributed by atoms with Gasteiger partial charge < -0.3 is 15.2 Å². The van der Waals surface area contributed by atoms with Crippen molar-refractivity contribution in [2.75, 3.05) is 19.8 Å². The molecule has 3 heteroatoms. The number of aliphatic hydroxyl groups is 1. The fourth-order valence-corrected chi connectivity index (χ4v) is 2.83. The molecule has 0 bridgehead atoms. The number of rotatable bonds is 8. The van der Waals surface area contributed by atoms with E-state index in [4.69, 9.17) is 4.74 Å². The summed E-state index contributed by atoms with van der Waals surface area (Å²) >= 11 is 0. The van der Waals surface area contributed by atoms with Crippen LogP contribution in [-0.2, 0) is 4.74 Å². The zero-order chi connectivity index (χ0) is 12.7. The summed E-state index contributed by atoms with van der Waals surface area (Å²) in [5, 5.41) is 12.9. The van der Waals surface area contributed by atoms with Crippen molar-refractivity contribution in [2.24, 2.45) is 5.92 Å². The highest BCUT2D eigenvalue weighted by Crippen LogP contribution is 2.32. The summed E-state index contributed by atoms with van der Waals surface area (Å²) in [4.78, 5) is 0. The minimum Gasteiger partial charge on any atom is -0.394 e. The Labute approximate surface area is 106 Å². The number of nitrogens with one attached hydrogen (secondary N) is 1. The number of aliphatic hydroxyl groups excluding tert-OH is 1. The van der Waals surface area contributed by atoms with E-state index in [1.807, 2.05) is 0 Å². The predicted molar refractivity (Wildman–Crippen MR) is 71.2 cm³/mol. The molecule has 3 nitrogen and oxygen atoms in total. The van der Waals surface area contributed by atoms with Gasteiger partial charge in [-0.3, -0.25) is 0 Å². The van der Waals surface area contributed by atoms with Crippen molar-refractivity contribution in [1.82, 2.24) is 5.32 Å². The van der Waals surface area contributed by atoms with E-state index in [1.165, 1.54) is 12.8 Å². The van der Waals surface area contributed by atoms with Crippen molar-refractivity contribution in [3.63, 3.8) is 0 Å². The number of hydrogen-bond acceptors (Lipinski definition) is 3. The molecule has 1 fully saturated rings. The highest BCUT2D eigenvalue weighted by atomic mass is 16.5. The van der Waals surface area contributed by atoms with Gasteiger partial charge in [-0.05, 0) is 38.1 Å². The van der Waals surface area contributed by atoms with Crippen LogP contribution in [0.25, 0.3) is 0 Å². The highest BCUT2D eigenvalue weighted by Gasteiger charge is 2.38. The maximum absolute atomic E-state index is 9.51. The molecular weight excluding hydrogens is 214 g/mol. The molecule has 0 aliphatic heterocycles. The number of ether oxygens (including phenoxy) is 1. The molecule has 1 rings (SSSR count). The SMILES string of the molecule is CCCC(C)COC1CCC(CO)(NCC)C1. The standard InChI is InChI=1S/C14H29NO2/c1-4-6-12(3)10-17-13-7-8-14(9-13,11-16)15-5-2/h12-13,15-16H,4-11H2,1-3H3. The zero-order valence-electron chi connectivity index (χ0n) is 11.7. The maximum Gasteiger partial charge on any atom is 0.0614 e. The lowest BCUT2D eigenvalue weighted by atomic mass is 9.99. The summed E-state index contributed by atoms with van der Waals surface area (Å²) in [6.45, 7) is 8.57. The molecule has 2 N–H and O–H groups in total. The summed E-state index contributed by atoms with van der Waals surface area (Å²) in [6, 6.07) is 0. The summed E-state index contributed by atoms with van der Waals surface area (Å²) in [5.41, 5.74) is -0.0760. The van der Waals surface area contributed by atoms with Gasteiger partial charge >= 0.3 is 0 Å². The lowest BCUT2D eigenvalue weighted by molar-refractivity contribution is 0.0266. The topological polar surface area (TPSA) is 41.5 Å². The molecule has 1 saturated carbocycles. The summed E-state index contributed by atoms with van der Waals surface area (Å²) < 4.78 is 5.97. The van der Waals surface area contributed by atoms with E-state index in [2.05, 4.69) is 26.1 Å². The Hall–Kier alpha value is -0.120. The summed E-state index contributed by atoms with van der Waals surface area (Å²) in [7, 11) is 0. The molecule has 3 unspecified atom stereocenters. The van der Waals surface area contributed by atoms with Crippen molar-refractivity contribution in [3.8, 4) is 0 Å². The van der Waals surface area contributed by atoms with E-state index in [1.54, 1.807) is 0 Å². The third kappa shape index (κ3) is 4.57. The Morgan fingerprint density at radius 2 is 2.24 bits per heavy atom. The molecule has 0 aromatic heterocycles. The number of likely N-dealkylation sites (N-methyl/N-ethyl adjacent to an activating group) is 1. The molecule has 0 aromatic carbocycles.